The van der Waals surface area contributed by atoms with Crippen LogP contribution in [0, 0.1) is 0 Å². The van der Waals surface area contributed by atoms with Crippen molar-refractivity contribution in [1.29, 1.82) is 0 Å². The van der Waals surface area contributed by atoms with Crippen molar-refractivity contribution in [3.8, 4) is 0 Å². The third-order valence-electron chi connectivity index (χ3n) is 3.13. The van der Waals surface area contributed by atoms with Crippen molar-refractivity contribution in [2.75, 3.05) is 6.54 Å². The first-order chi connectivity index (χ1) is 6.23. The Morgan fingerprint density at radius 1 is 1.38 bits per heavy atom. The molecule has 0 aromatic rings. The molecule has 3 heteroatoms. The Kier molecular flexibility index (Phi) is 2.28. The molecule has 1 aliphatic carbocycles. The maximum atomic E-state index is 11.7. The fraction of sp³-hybridized carbons (Fsp3) is 0.900. The van der Waals surface area contributed by atoms with Gasteiger partial charge in [0.1, 0.15) is 11.6 Å². The van der Waals surface area contributed by atoms with E-state index in [1.807, 2.05) is 6.92 Å². The minimum absolute atomic E-state index is 0.0223. The quantitative estimate of drug-likeness (QED) is 0.574. The summed E-state index contributed by atoms with van der Waals surface area (Å²) in [5, 5.41) is 3.36. The first kappa shape index (κ1) is 9.00. The number of hydrogen-bond acceptors (Lipinski definition) is 3. The Morgan fingerprint density at radius 3 is 2.69 bits per heavy atom. The number of nitrogens with one attached hydrogen (secondary N) is 1. The van der Waals surface area contributed by atoms with Gasteiger partial charge in [0.05, 0.1) is 0 Å². The van der Waals surface area contributed by atoms with Gasteiger partial charge >= 0.3 is 5.97 Å². The molecule has 1 heterocycles. The maximum Gasteiger partial charge on any atom is 0.326 e. The third-order valence-corrected chi connectivity index (χ3v) is 3.13. The average molecular weight is 183 g/mol. The van der Waals surface area contributed by atoms with E-state index in [4.69, 9.17) is 4.74 Å². The summed E-state index contributed by atoms with van der Waals surface area (Å²) >= 11 is 0. The smallest absolute Gasteiger partial charge is 0.326 e. The van der Waals surface area contributed by atoms with Crippen molar-refractivity contribution < 1.29 is 9.53 Å². The molecule has 0 bridgehead atoms. The molecule has 74 valence electrons. The molecule has 1 saturated heterocycles. The number of hydrogen-bond donors (Lipinski definition) is 1. The molecule has 3 nitrogen and oxygen atoms in total. The van der Waals surface area contributed by atoms with Crippen LogP contribution in [-0.4, -0.2) is 24.2 Å². The van der Waals surface area contributed by atoms with Crippen LogP contribution in [0.3, 0.4) is 0 Å². The molecule has 2 fully saturated rings. The van der Waals surface area contributed by atoms with Gasteiger partial charge in [0.15, 0.2) is 0 Å². The summed E-state index contributed by atoms with van der Waals surface area (Å²) < 4.78 is 5.28. The average Bonchev–Trinajstić information content (AvgIpc) is 2.14. The molecule has 0 aromatic carbocycles. The first-order valence-electron chi connectivity index (χ1n) is 5.19. The number of ether oxygens (including phenoxy) is 1. The predicted octanol–water partition coefficient (Wildman–Crippen LogP) is 1.22. The van der Waals surface area contributed by atoms with E-state index in [0.29, 0.717) is 0 Å². The van der Waals surface area contributed by atoms with Crippen LogP contribution in [0.1, 0.15) is 39.0 Å². The lowest BCUT2D eigenvalue weighted by molar-refractivity contribution is -0.164. The largest absolute Gasteiger partial charge is 0.460 e. The second-order valence-corrected chi connectivity index (χ2v) is 4.24. The van der Waals surface area contributed by atoms with Gasteiger partial charge in [-0.3, -0.25) is 10.1 Å². The Bertz CT molecular complexity index is 209. The van der Waals surface area contributed by atoms with Crippen LogP contribution in [0.15, 0.2) is 0 Å². The number of carbonyl (C=O) groups is 1. The van der Waals surface area contributed by atoms with Crippen LogP contribution in [-0.2, 0) is 9.53 Å². The highest BCUT2D eigenvalue weighted by molar-refractivity contribution is 5.81. The van der Waals surface area contributed by atoms with Gasteiger partial charge in [0.25, 0.3) is 0 Å². The van der Waals surface area contributed by atoms with Gasteiger partial charge in [0.2, 0.25) is 0 Å². The molecule has 1 spiro atoms. The van der Waals surface area contributed by atoms with Gasteiger partial charge in [-0.15, -0.1) is 0 Å². The van der Waals surface area contributed by atoms with Crippen LogP contribution in [0.5, 0.6) is 0 Å². The summed E-state index contributed by atoms with van der Waals surface area (Å²) in [5.74, 6) is -0.0223. The molecule has 1 saturated carbocycles. The predicted molar refractivity (Wildman–Crippen MR) is 49.4 cm³/mol. The van der Waals surface area contributed by atoms with Gasteiger partial charge < -0.3 is 4.74 Å². The number of esters is 1. The lowest BCUT2D eigenvalue weighted by Crippen LogP contribution is -2.60. The summed E-state index contributed by atoms with van der Waals surface area (Å²) in [5.41, 5.74) is -0.315. The van der Waals surface area contributed by atoms with E-state index < -0.39 is 0 Å². The SMILES string of the molecule is CC1CNC2(CCCCC2)C(=O)O1. The van der Waals surface area contributed by atoms with Crippen molar-refractivity contribution in [2.24, 2.45) is 0 Å². The lowest BCUT2D eigenvalue weighted by atomic mass is 9.81. The van der Waals surface area contributed by atoms with Gasteiger partial charge in [-0.2, -0.15) is 0 Å². The van der Waals surface area contributed by atoms with Gasteiger partial charge in [-0.1, -0.05) is 19.3 Å². The Hall–Kier alpha value is -0.570. The minimum atomic E-state index is -0.315. The minimum Gasteiger partial charge on any atom is -0.460 e. The molecule has 1 N–H and O–H groups in total. The zero-order valence-corrected chi connectivity index (χ0v) is 8.14. The third kappa shape index (κ3) is 1.57. The second-order valence-electron chi connectivity index (χ2n) is 4.24. The molecule has 0 radical (unpaired) electrons. The molecule has 0 amide bonds. The molecule has 1 aliphatic heterocycles. The molecular formula is C10H17NO2. The zero-order valence-electron chi connectivity index (χ0n) is 8.14. The Morgan fingerprint density at radius 2 is 2.08 bits per heavy atom. The molecule has 2 rings (SSSR count). The van der Waals surface area contributed by atoms with Crippen molar-refractivity contribution >= 4 is 5.97 Å². The molecule has 0 aromatic heterocycles. The second kappa shape index (κ2) is 3.29. The molecule has 1 atom stereocenters. The number of rotatable bonds is 0. The fourth-order valence-corrected chi connectivity index (χ4v) is 2.28. The normalized spacial score (nSPS) is 33.0. The summed E-state index contributed by atoms with van der Waals surface area (Å²) in [4.78, 5) is 11.7. The Balaban J connectivity index is 2.08. The fourth-order valence-electron chi connectivity index (χ4n) is 2.28. The number of cyclic esters (lactones) is 1. The lowest BCUT2D eigenvalue weighted by Gasteiger charge is -2.40. The summed E-state index contributed by atoms with van der Waals surface area (Å²) in [6.45, 7) is 2.74. The van der Waals surface area contributed by atoms with E-state index >= 15 is 0 Å². The van der Waals surface area contributed by atoms with Crippen LogP contribution < -0.4 is 5.32 Å². The van der Waals surface area contributed by atoms with Crippen molar-refractivity contribution in [3.63, 3.8) is 0 Å². The summed E-state index contributed by atoms with van der Waals surface area (Å²) in [7, 11) is 0. The first-order valence-corrected chi connectivity index (χ1v) is 5.19. The van der Waals surface area contributed by atoms with Crippen molar-refractivity contribution in [1.82, 2.24) is 5.32 Å². The highest BCUT2D eigenvalue weighted by Crippen LogP contribution is 2.31. The van der Waals surface area contributed by atoms with Gasteiger partial charge in [-0.25, -0.2) is 0 Å². The van der Waals surface area contributed by atoms with E-state index in [9.17, 15) is 4.79 Å². The monoisotopic (exact) mass is 183 g/mol. The van der Waals surface area contributed by atoms with Gasteiger partial charge in [0, 0.05) is 6.54 Å². The maximum absolute atomic E-state index is 11.7. The van der Waals surface area contributed by atoms with E-state index in [2.05, 4.69) is 5.32 Å². The van der Waals surface area contributed by atoms with E-state index in [1.54, 1.807) is 0 Å². The molecule has 2 aliphatic rings. The molecule has 13 heavy (non-hydrogen) atoms. The van der Waals surface area contributed by atoms with Crippen molar-refractivity contribution in [2.45, 2.75) is 50.7 Å². The van der Waals surface area contributed by atoms with Gasteiger partial charge in [-0.05, 0) is 19.8 Å². The summed E-state index contributed by atoms with van der Waals surface area (Å²) in [6, 6.07) is 0. The number of morpholine rings is 1. The van der Waals surface area contributed by atoms with E-state index in [0.717, 1.165) is 32.2 Å². The summed E-state index contributed by atoms with van der Waals surface area (Å²) in [6.07, 6.45) is 5.51. The van der Waals surface area contributed by atoms with Crippen molar-refractivity contribution in [3.05, 3.63) is 0 Å². The van der Waals surface area contributed by atoms with Crippen LogP contribution in [0.4, 0.5) is 0 Å². The zero-order chi connectivity index (χ0) is 9.31. The molecule has 1 unspecified atom stereocenters. The van der Waals surface area contributed by atoms with E-state index in [-0.39, 0.29) is 17.6 Å². The Labute approximate surface area is 78.8 Å². The number of carbonyl (C=O) groups excluding carboxylic acids is 1. The van der Waals surface area contributed by atoms with Crippen LogP contribution in [0.2, 0.25) is 0 Å². The van der Waals surface area contributed by atoms with E-state index in [1.165, 1.54) is 6.42 Å². The highest BCUT2D eigenvalue weighted by Gasteiger charge is 2.44. The van der Waals surface area contributed by atoms with Crippen LogP contribution >= 0.6 is 0 Å². The standard InChI is InChI=1S/C10H17NO2/c1-8-7-11-10(9(12)13-8)5-3-2-4-6-10/h8,11H,2-7H2,1H3. The molecular weight excluding hydrogens is 166 g/mol. The topological polar surface area (TPSA) is 38.3 Å². The highest BCUT2D eigenvalue weighted by atomic mass is 16.5. The van der Waals surface area contributed by atoms with Crippen LogP contribution in [0.25, 0.3) is 0 Å².